The van der Waals surface area contributed by atoms with Crippen LogP contribution in [-0.2, 0) is 11.2 Å². The van der Waals surface area contributed by atoms with Gasteiger partial charge in [0.1, 0.15) is 5.82 Å². The molecule has 0 unspecified atom stereocenters. The Kier molecular flexibility index (Phi) is 7.71. The molecule has 1 N–H and O–H groups in total. The first-order valence-electron chi connectivity index (χ1n) is 9.50. The number of piperidine rings is 1. The van der Waals surface area contributed by atoms with Crippen LogP contribution in [-0.4, -0.2) is 58.0 Å². The lowest BCUT2D eigenvalue weighted by molar-refractivity contribution is -0.134. The first-order valence-corrected chi connectivity index (χ1v) is 11.0. The van der Waals surface area contributed by atoms with E-state index in [0.29, 0.717) is 11.4 Å². The van der Waals surface area contributed by atoms with Gasteiger partial charge in [-0.05, 0) is 49.1 Å². The zero-order chi connectivity index (χ0) is 19.9. The van der Waals surface area contributed by atoms with Gasteiger partial charge in [-0.3, -0.25) is 4.79 Å². The molecule has 1 aliphatic rings. The van der Waals surface area contributed by atoms with Gasteiger partial charge in [0.15, 0.2) is 0 Å². The number of aliphatic hydroxyl groups is 1. The molecule has 1 aliphatic heterocycles. The van der Waals surface area contributed by atoms with Gasteiger partial charge in [0.05, 0.1) is 18.0 Å². The number of hydrogen-bond acceptors (Lipinski definition) is 4. The number of aromatic nitrogens is 1. The average molecular weight is 467 g/mol. The number of amides is 1. The summed E-state index contributed by atoms with van der Waals surface area (Å²) in [4.78, 5) is 21.3. The number of halogens is 2. The second-order valence-electron chi connectivity index (χ2n) is 7.01. The molecule has 0 radical (unpaired) electrons. The minimum absolute atomic E-state index is 0.0179. The average Bonchev–Trinajstić information content (AvgIpc) is 2.75. The third-order valence-electron chi connectivity index (χ3n) is 5.22. The van der Waals surface area contributed by atoms with Crippen LogP contribution in [0, 0.1) is 0 Å². The third-order valence-corrected chi connectivity index (χ3v) is 5.95. The zero-order valence-corrected chi connectivity index (χ0v) is 18.0. The number of anilines is 1. The van der Waals surface area contributed by atoms with Crippen molar-refractivity contribution >= 4 is 39.3 Å². The number of carbonyl (C=O) groups excluding carboxylic acids is 1. The lowest BCUT2D eigenvalue weighted by Gasteiger charge is -2.42. The standard InChI is InChI=1S/C21H25BrClN3O2/c22-14-21(28)26(19(15-27)13-16-4-6-17(23)7-5-16)18-8-11-25(12-9-18)20-3-1-2-10-24-20/h1-7,10,18-19,27H,8-9,11-15H2/t19-/m0/s1. The van der Waals surface area contributed by atoms with Crippen LogP contribution in [0.3, 0.4) is 0 Å². The molecule has 1 aromatic heterocycles. The van der Waals surface area contributed by atoms with Gasteiger partial charge in [0.2, 0.25) is 5.91 Å². The molecule has 0 saturated carbocycles. The molecule has 150 valence electrons. The highest BCUT2D eigenvalue weighted by molar-refractivity contribution is 9.09. The lowest BCUT2D eigenvalue weighted by Crippen LogP contribution is -2.54. The molecule has 1 aromatic carbocycles. The molecule has 1 amide bonds. The molecular weight excluding hydrogens is 442 g/mol. The van der Waals surface area contributed by atoms with Crippen LogP contribution in [0.5, 0.6) is 0 Å². The number of nitrogens with zero attached hydrogens (tertiary/aromatic N) is 3. The van der Waals surface area contributed by atoms with E-state index in [0.717, 1.165) is 37.3 Å². The predicted molar refractivity (Wildman–Crippen MR) is 116 cm³/mol. The number of rotatable bonds is 7. The fourth-order valence-electron chi connectivity index (χ4n) is 3.83. The maximum Gasteiger partial charge on any atom is 0.233 e. The van der Waals surface area contributed by atoms with Crippen molar-refractivity contribution in [2.45, 2.75) is 31.3 Å². The molecule has 0 aliphatic carbocycles. The molecule has 1 atom stereocenters. The summed E-state index contributed by atoms with van der Waals surface area (Å²) in [6.45, 7) is 1.61. The molecule has 2 heterocycles. The van der Waals surface area contributed by atoms with Crippen molar-refractivity contribution in [3.63, 3.8) is 0 Å². The Morgan fingerprint density at radius 2 is 1.96 bits per heavy atom. The summed E-state index contributed by atoms with van der Waals surface area (Å²) in [5.74, 6) is 0.989. The Labute approximate surface area is 179 Å². The van der Waals surface area contributed by atoms with Gasteiger partial charge in [0, 0.05) is 30.4 Å². The smallest absolute Gasteiger partial charge is 0.233 e. The third kappa shape index (κ3) is 5.25. The fraction of sp³-hybridized carbons (Fsp3) is 0.429. The van der Waals surface area contributed by atoms with Crippen molar-refractivity contribution in [1.82, 2.24) is 9.88 Å². The van der Waals surface area contributed by atoms with E-state index in [2.05, 4.69) is 25.8 Å². The summed E-state index contributed by atoms with van der Waals surface area (Å²) >= 11 is 9.29. The van der Waals surface area contributed by atoms with Crippen molar-refractivity contribution in [1.29, 1.82) is 0 Å². The van der Waals surface area contributed by atoms with Crippen LogP contribution < -0.4 is 4.90 Å². The summed E-state index contributed by atoms with van der Waals surface area (Å²) in [5, 5.41) is 11.0. The monoisotopic (exact) mass is 465 g/mol. The summed E-state index contributed by atoms with van der Waals surface area (Å²) in [5.41, 5.74) is 1.06. The Balaban J connectivity index is 1.70. The molecule has 1 fully saturated rings. The van der Waals surface area contributed by atoms with Gasteiger partial charge in [0.25, 0.3) is 0 Å². The minimum atomic E-state index is -0.252. The van der Waals surface area contributed by atoms with Crippen molar-refractivity contribution in [3.8, 4) is 0 Å². The molecule has 7 heteroatoms. The second kappa shape index (κ2) is 10.2. The Bertz CT molecular complexity index is 752. The van der Waals surface area contributed by atoms with Crippen LogP contribution in [0.2, 0.25) is 5.02 Å². The maximum absolute atomic E-state index is 12.7. The van der Waals surface area contributed by atoms with Gasteiger partial charge in [-0.1, -0.05) is 45.7 Å². The van der Waals surface area contributed by atoms with E-state index < -0.39 is 0 Å². The number of hydrogen-bond donors (Lipinski definition) is 1. The van der Waals surface area contributed by atoms with E-state index in [1.165, 1.54) is 0 Å². The summed E-state index contributed by atoms with van der Waals surface area (Å²) in [6.07, 6.45) is 4.11. The number of pyridine rings is 1. The van der Waals surface area contributed by atoms with Crippen LogP contribution >= 0.6 is 27.5 Å². The quantitative estimate of drug-likeness (QED) is 0.634. The number of aliphatic hydroxyl groups excluding tert-OH is 1. The molecule has 3 rings (SSSR count). The van der Waals surface area contributed by atoms with Crippen LogP contribution in [0.1, 0.15) is 18.4 Å². The fourth-order valence-corrected chi connectivity index (χ4v) is 4.25. The van der Waals surface area contributed by atoms with Gasteiger partial charge in [-0.25, -0.2) is 4.98 Å². The SMILES string of the molecule is O=C(CBr)N(C1CCN(c2ccccn2)CC1)[C@H](CO)Cc1ccc(Cl)cc1. The van der Waals surface area contributed by atoms with Crippen molar-refractivity contribution in [3.05, 3.63) is 59.2 Å². The highest BCUT2D eigenvalue weighted by atomic mass is 79.9. The van der Waals surface area contributed by atoms with Gasteiger partial charge < -0.3 is 14.9 Å². The van der Waals surface area contributed by atoms with Crippen molar-refractivity contribution in [2.75, 3.05) is 29.9 Å². The van der Waals surface area contributed by atoms with Gasteiger partial charge in [-0.15, -0.1) is 0 Å². The highest BCUT2D eigenvalue weighted by Gasteiger charge is 2.32. The number of carbonyl (C=O) groups is 1. The molecule has 2 aromatic rings. The Morgan fingerprint density at radius 3 is 2.54 bits per heavy atom. The van der Waals surface area contributed by atoms with E-state index in [1.807, 2.05) is 47.4 Å². The van der Waals surface area contributed by atoms with E-state index in [9.17, 15) is 9.90 Å². The molecule has 5 nitrogen and oxygen atoms in total. The molecular formula is C21H25BrClN3O2. The van der Waals surface area contributed by atoms with Gasteiger partial charge in [-0.2, -0.15) is 0 Å². The molecule has 28 heavy (non-hydrogen) atoms. The first-order chi connectivity index (χ1) is 13.6. The lowest BCUT2D eigenvalue weighted by atomic mass is 9.98. The van der Waals surface area contributed by atoms with Crippen molar-refractivity contribution < 1.29 is 9.90 Å². The van der Waals surface area contributed by atoms with Crippen LogP contribution in [0.25, 0.3) is 0 Å². The van der Waals surface area contributed by atoms with Gasteiger partial charge >= 0.3 is 0 Å². The highest BCUT2D eigenvalue weighted by Crippen LogP contribution is 2.24. The Hall–Kier alpha value is -1.63. The van der Waals surface area contributed by atoms with Crippen LogP contribution in [0.4, 0.5) is 5.82 Å². The minimum Gasteiger partial charge on any atom is -0.394 e. The first kappa shape index (κ1) is 21.1. The topological polar surface area (TPSA) is 56.7 Å². The predicted octanol–water partition coefficient (Wildman–Crippen LogP) is 3.53. The van der Waals surface area contributed by atoms with E-state index in [-0.39, 0.29) is 29.9 Å². The second-order valence-corrected chi connectivity index (χ2v) is 8.00. The normalized spacial score (nSPS) is 16.0. The van der Waals surface area contributed by atoms with E-state index in [4.69, 9.17) is 11.6 Å². The van der Waals surface area contributed by atoms with E-state index in [1.54, 1.807) is 6.20 Å². The largest absolute Gasteiger partial charge is 0.394 e. The summed E-state index contributed by atoms with van der Waals surface area (Å²) in [6, 6.07) is 13.3. The van der Waals surface area contributed by atoms with Crippen molar-refractivity contribution in [2.24, 2.45) is 0 Å². The van der Waals surface area contributed by atoms with E-state index >= 15 is 0 Å². The Morgan fingerprint density at radius 1 is 1.25 bits per heavy atom. The number of alkyl halides is 1. The summed E-state index contributed by atoms with van der Waals surface area (Å²) < 4.78 is 0. The molecule has 0 spiro atoms. The summed E-state index contributed by atoms with van der Waals surface area (Å²) in [7, 11) is 0. The molecule has 1 saturated heterocycles. The zero-order valence-electron chi connectivity index (χ0n) is 15.7. The maximum atomic E-state index is 12.7. The molecule has 0 bridgehead atoms. The number of benzene rings is 1. The van der Waals surface area contributed by atoms with Crippen LogP contribution in [0.15, 0.2) is 48.7 Å².